The Balaban J connectivity index is 1.53. The zero-order chi connectivity index (χ0) is 18.8. The highest BCUT2D eigenvalue weighted by Gasteiger charge is 2.50. The Morgan fingerprint density at radius 1 is 1.26 bits per heavy atom. The summed E-state index contributed by atoms with van der Waals surface area (Å²) in [6.45, 7) is 1.92. The van der Waals surface area contributed by atoms with E-state index in [1.165, 1.54) is 17.1 Å². The summed E-state index contributed by atoms with van der Waals surface area (Å²) in [7, 11) is 0. The van der Waals surface area contributed by atoms with Gasteiger partial charge in [0.25, 0.3) is 11.8 Å². The molecule has 140 valence electrons. The molecule has 1 aromatic carbocycles. The number of aliphatic hydroxyl groups is 1. The van der Waals surface area contributed by atoms with Crippen LogP contribution in [0, 0.1) is 0 Å². The summed E-state index contributed by atoms with van der Waals surface area (Å²) in [6, 6.07) is 2.81. The molecule has 0 radical (unpaired) electrons. The van der Waals surface area contributed by atoms with Gasteiger partial charge in [0.1, 0.15) is 18.4 Å². The summed E-state index contributed by atoms with van der Waals surface area (Å²) >= 11 is 0. The van der Waals surface area contributed by atoms with E-state index in [0.29, 0.717) is 24.5 Å². The van der Waals surface area contributed by atoms with Gasteiger partial charge in [-0.2, -0.15) is 0 Å². The predicted molar refractivity (Wildman–Crippen MR) is 93.1 cm³/mol. The van der Waals surface area contributed by atoms with Crippen molar-refractivity contribution >= 4 is 17.7 Å². The first-order valence-corrected chi connectivity index (χ1v) is 9.03. The normalized spacial score (nSPS) is 31.7. The van der Waals surface area contributed by atoms with E-state index in [4.69, 9.17) is 4.74 Å². The van der Waals surface area contributed by atoms with Crippen LogP contribution in [0.25, 0.3) is 0 Å². The average Bonchev–Trinajstić information content (AvgIpc) is 3.17. The topological polar surface area (TPSA) is 108 Å². The summed E-state index contributed by atoms with van der Waals surface area (Å²) in [5, 5.41) is 16.0. The van der Waals surface area contributed by atoms with E-state index in [1.54, 1.807) is 6.07 Å². The van der Waals surface area contributed by atoms with Crippen LogP contribution in [0.4, 0.5) is 0 Å². The van der Waals surface area contributed by atoms with Crippen LogP contribution in [-0.2, 0) is 21.5 Å². The Labute approximate surface area is 155 Å². The summed E-state index contributed by atoms with van der Waals surface area (Å²) in [5.41, 5.74) is 1.73. The minimum atomic E-state index is -0.821. The van der Waals surface area contributed by atoms with Crippen LogP contribution in [0.1, 0.15) is 27.9 Å². The molecule has 4 aliphatic rings. The van der Waals surface area contributed by atoms with Crippen LogP contribution in [0.2, 0.25) is 0 Å². The maximum Gasteiger partial charge on any atom is 0.255 e. The molecule has 1 fully saturated rings. The SMILES string of the molecule is O=C1C=CC(N2Cc3c(ccc4c3OCC43CCNCC3O)C2=O)C(=O)N1. The zero-order valence-corrected chi connectivity index (χ0v) is 14.5. The molecular weight excluding hydrogens is 350 g/mol. The van der Waals surface area contributed by atoms with E-state index in [2.05, 4.69) is 10.6 Å². The van der Waals surface area contributed by atoms with Crippen molar-refractivity contribution in [3.8, 4) is 5.75 Å². The molecule has 3 atom stereocenters. The van der Waals surface area contributed by atoms with Crippen molar-refractivity contribution < 1.29 is 24.2 Å². The Bertz CT molecular complexity index is 911. The molecule has 0 saturated carbocycles. The van der Waals surface area contributed by atoms with E-state index < -0.39 is 29.4 Å². The first-order chi connectivity index (χ1) is 13.0. The van der Waals surface area contributed by atoms with Crippen LogP contribution < -0.4 is 15.4 Å². The number of imide groups is 1. The molecule has 0 aliphatic carbocycles. The van der Waals surface area contributed by atoms with Crippen molar-refractivity contribution in [1.29, 1.82) is 0 Å². The highest BCUT2D eigenvalue weighted by molar-refractivity contribution is 6.09. The summed E-state index contributed by atoms with van der Waals surface area (Å²) in [4.78, 5) is 37.8. The summed E-state index contributed by atoms with van der Waals surface area (Å²) < 4.78 is 5.99. The Hall–Kier alpha value is -2.71. The van der Waals surface area contributed by atoms with E-state index in [0.717, 1.165) is 24.1 Å². The fourth-order valence-corrected chi connectivity index (χ4v) is 4.59. The lowest BCUT2D eigenvalue weighted by molar-refractivity contribution is -0.131. The predicted octanol–water partition coefficient (Wildman–Crippen LogP) is -0.792. The highest BCUT2D eigenvalue weighted by Crippen LogP contribution is 2.48. The third kappa shape index (κ3) is 2.20. The standard InChI is InChI=1S/C19H19N3O5/c23-14-7-20-6-5-19(14)9-27-16-11-8-22(13-3-4-15(24)21-17(13)25)18(26)10(11)1-2-12(16)19/h1-4,13-14,20,23H,5-9H2,(H,21,24,25). The monoisotopic (exact) mass is 369 g/mol. The minimum Gasteiger partial charge on any atom is -0.492 e. The number of nitrogens with one attached hydrogen (secondary N) is 2. The maximum absolute atomic E-state index is 12.9. The summed E-state index contributed by atoms with van der Waals surface area (Å²) in [6.07, 6.45) is 2.91. The molecule has 5 rings (SSSR count). The molecule has 8 heteroatoms. The molecule has 4 aliphatic heterocycles. The molecule has 0 bridgehead atoms. The van der Waals surface area contributed by atoms with Gasteiger partial charge in [-0.1, -0.05) is 6.07 Å². The molecule has 1 saturated heterocycles. The molecule has 8 nitrogen and oxygen atoms in total. The molecule has 4 heterocycles. The van der Waals surface area contributed by atoms with E-state index in [1.807, 2.05) is 6.07 Å². The molecule has 3 unspecified atom stereocenters. The number of fused-ring (bicyclic) bond motifs is 4. The van der Waals surface area contributed by atoms with Gasteiger partial charge in [0, 0.05) is 29.3 Å². The van der Waals surface area contributed by atoms with Crippen molar-refractivity contribution in [2.24, 2.45) is 0 Å². The lowest BCUT2D eigenvalue weighted by Crippen LogP contribution is -2.52. The van der Waals surface area contributed by atoms with Crippen molar-refractivity contribution in [1.82, 2.24) is 15.5 Å². The molecule has 0 aromatic heterocycles. The number of amides is 3. The number of hydrogen-bond acceptors (Lipinski definition) is 6. The van der Waals surface area contributed by atoms with Crippen molar-refractivity contribution in [2.75, 3.05) is 19.7 Å². The lowest BCUT2D eigenvalue weighted by Gasteiger charge is -2.37. The zero-order valence-electron chi connectivity index (χ0n) is 14.5. The van der Waals surface area contributed by atoms with Crippen LogP contribution in [0.5, 0.6) is 5.75 Å². The third-order valence-corrected chi connectivity index (χ3v) is 6.09. The number of β-amino-alcohol motifs (C(OH)–C–C–N with tert-alkyl or cyclic N) is 1. The second kappa shape index (κ2) is 5.64. The largest absolute Gasteiger partial charge is 0.492 e. The van der Waals surface area contributed by atoms with Crippen LogP contribution in [-0.4, -0.2) is 59.6 Å². The fourth-order valence-electron chi connectivity index (χ4n) is 4.59. The van der Waals surface area contributed by atoms with Gasteiger partial charge in [-0.05, 0) is 25.1 Å². The number of piperidine rings is 1. The third-order valence-electron chi connectivity index (χ3n) is 6.09. The van der Waals surface area contributed by atoms with Crippen LogP contribution in [0.3, 0.4) is 0 Å². The highest BCUT2D eigenvalue weighted by atomic mass is 16.5. The van der Waals surface area contributed by atoms with Gasteiger partial charge in [-0.3, -0.25) is 19.7 Å². The quantitative estimate of drug-likeness (QED) is 0.560. The van der Waals surface area contributed by atoms with E-state index in [-0.39, 0.29) is 12.5 Å². The van der Waals surface area contributed by atoms with E-state index in [9.17, 15) is 19.5 Å². The number of benzene rings is 1. The van der Waals surface area contributed by atoms with Crippen molar-refractivity contribution in [3.63, 3.8) is 0 Å². The Morgan fingerprint density at radius 2 is 2.11 bits per heavy atom. The van der Waals surface area contributed by atoms with Gasteiger partial charge in [-0.25, -0.2) is 0 Å². The maximum atomic E-state index is 12.9. The molecule has 3 amide bonds. The molecule has 3 N–H and O–H groups in total. The number of carbonyl (C=O) groups excluding carboxylic acids is 3. The van der Waals surface area contributed by atoms with Gasteiger partial charge in [0.05, 0.1) is 18.1 Å². The Kier molecular flexibility index (Phi) is 3.44. The van der Waals surface area contributed by atoms with Crippen molar-refractivity contribution in [2.45, 2.75) is 30.5 Å². The fraction of sp³-hybridized carbons (Fsp3) is 0.421. The minimum absolute atomic E-state index is 0.235. The first-order valence-electron chi connectivity index (χ1n) is 9.03. The molecular formula is C19H19N3O5. The van der Waals surface area contributed by atoms with Gasteiger partial charge in [-0.15, -0.1) is 0 Å². The molecule has 1 aromatic rings. The van der Waals surface area contributed by atoms with E-state index >= 15 is 0 Å². The summed E-state index contributed by atoms with van der Waals surface area (Å²) in [5.74, 6) is -0.596. The number of hydrogen-bond donors (Lipinski definition) is 3. The number of rotatable bonds is 1. The van der Waals surface area contributed by atoms with Gasteiger partial charge < -0.3 is 20.1 Å². The first kappa shape index (κ1) is 16.5. The van der Waals surface area contributed by atoms with Gasteiger partial charge in [0.15, 0.2) is 0 Å². The van der Waals surface area contributed by atoms with Crippen LogP contribution >= 0.6 is 0 Å². The lowest BCUT2D eigenvalue weighted by atomic mass is 9.72. The number of ether oxygens (including phenoxy) is 1. The molecule has 27 heavy (non-hydrogen) atoms. The van der Waals surface area contributed by atoms with Gasteiger partial charge in [0.2, 0.25) is 5.91 Å². The second-order valence-corrected chi connectivity index (χ2v) is 7.47. The average molecular weight is 369 g/mol. The number of nitrogens with zero attached hydrogens (tertiary/aromatic N) is 1. The van der Waals surface area contributed by atoms with Gasteiger partial charge >= 0.3 is 0 Å². The van der Waals surface area contributed by atoms with Crippen molar-refractivity contribution in [3.05, 3.63) is 41.0 Å². The second-order valence-electron chi connectivity index (χ2n) is 7.47. The Morgan fingerprint density at radius 3 is 2.89 bits per heavy atom. The number of carbonyl (C=O) groups is 3. The molecule has 1 spiro atoms. The van der Waals surface area contributed by atoms with Crippen LogP contribution in [0.15, 0.2) is 24.3 Å². The smallest absolute Gasteiger partial charge is 0.255 e. The number of aliphatic hydroxyl groups excluding tert-OH is 1.